The van der Waals surface area contributed by atoms with E-state index in [2.05, 4.69) is 0 Å². The Morgan fingerprint density at radius 1 is 0.893 bits per heavy atom. The van der Waals surface area contributed by atoms with Crippen molar-refractivity contribution in [2.75, 3.05) is 20.8 Å². The van der Waals surface area contributed by atoms with Gasteiger partial charge in [0.15, 0.2) is 6.61 Å². The molecule has 0 bridgehead atoms. The summed E-state index contributed by atoms with van der Waals surface area (Å²) >= 11 is 0. The van der Waals surface area contributed by atoms with E-state index in [1.807, 2.05) is 66.7 Å². The van der Waals surface area contributed by atoms with Gasteiger partial charge in [0.1, 0.15) is 5.75 Å². The molecule has 0 N–H and O–H groups in total. The second-order valence-electron chi connectivity index (χ2n) is 6.62. The minimum atomic E-state index is -0.415. The number of esters is 1. The van der Waals surface area contributed by atoms with Crippen molar-refractivity contribution in [3.63, 3.8) is 0 Å². The van der Waals surface area contributed by atoms with Crippen LogP contribution in [0.1, 0.15) is 11.1 Å². The van der Waals surface area contributed by atoms with E-state index in [4.69, 9.17) is 9.47 Å². The van der Waals surface area contributed by atoms with Crippen molar-refractivity contribution in [1.82, 2.24) is 4.90 Å². The first-order chi connectivity index (χ1) is 13.5. The quantitative estimate of drug-likeness (QED) is 0.591. The summed E-state index contributed by atoms with van der Waals surface area (Å²) in [7, 11) is 3.29. The number of nitrogens with zero attached hydrogens (tertiary/aromatic N) is 1. The minimum Gasteiger partial charge on any atom is -0.497 e. The van der Waals surface area contributed by atoms with Crippen molar-refractivity contribution in [2.45, 2.75) is 13.0 Å². The molecular formula is C23H23NO4. The number of ether oxygens (including phenoxy) is 2. The number of fused-ring (bicyclic) bond motifs is 1. The Morgan fingerprint density at radius 3 is 2.29 bits per heavy atom. The zero-order valence-electron chi connectivity index (χ0n) is 16.1. The fourth-order valence-electron chi connectivity index (χ4n) is 2.91. The van der Waals surface area contributed by atoms with Gasteiger partial charge in [0.25, 0.3) is 5.91 Å². The van der Waals surface area contributed by atoms with Crippen LogP contribution in [-0.4, -0.2) is 37.5 Å². The SMILES string of the molecule is COc1ccc(CN(C)C(=O)COC(=O)Cc2ccc3ccccc3c2)cc1. The number of benzene rings is 3. The van der Waals surface area contributed by atoms with Crippen LogP contribution in [0.15, 0.2) is 66.7 Å². The molecule has 0 heterocycles. The molecule has 0 aliphatic rings. The lowest BCUT2D eigenvalue weighted by Crippen LogP contribution is -2.31. The van der Waals surface area contributed by atoms with E-state index in [-0.39, 0.29) is 18.9 Å². The van der Waals surface area contributed by atoms with Crippen LogP contribution in [0.2, 0.25) is 0 Å². The number of amides is 1. The van der Waals surface area contributed by atoms with Crippen LogP contribution in [0.4, 0.5) is 0 Å². The predicted octanol–water partition coefficient (Wildman–Crippen LogP) is 3.59. The van der Waals surface area contributed by atoms with Crippen molar-refractivity contribution >= 4 is 22.6 Å². The third-order valence-corrected chi connectivity index (χ3v) is 4.52. The predicted molar refractivity (Wildman–Crippen MR) is 108 cm³/mol. The zero-order chi connectivity index (χ0) is 19.9. The van der Waals surface area contributed by atoms with E-state index in [1.165, 1.54) is 4.90 Å². The largest absolute Gasteiger partial charge is 0.497 e. The normalized spacial score (nSPS) is 10.5. The summed E-state index contributed by atoms with van der Waals surface area (Å²) in [5.74, 6) is 0.101. The molecular weight excluding hydrogens is 354 g/mol. The average Bonchev–Trinajstić information content (AvgIpc) is 2.72. The molecule has 0 unspecified atom stereocenters. The maximum absolute atomic E-state index is 12.2. The summed E-state index contributed by atoms with van der Waals surface area (Å²) in [4.78, 5) is 25.9. The second kappa shape index (κ2) is 9.04. The molecule has 0 radical (unpaired) electrons. The Kier molecular flexibility index (Phi) is 6.27. The Labute approximate surface area is 164 Å². The van der Waals surface area contributed by atoms with Gasteiger partial charge in [-0.15, -0.1) is 0 Å². The van der Waals surface area contributed by atoms with Gasteiger partial charge in [0, 0.05) is 13.6 Å². The number of rotatable bonds is 7. The minimum absolute atomic E-state index is 0.139. The van der Waals surface area contributed by atoms with Gasteiger partial charge in [0.2, 0.25) is 0 Å². The molecule has 5 nitrogen and oxygen atoms in total. The van der Waals surface area contributed by atoms with Crippen LogP contribution in [0.3, 0.4) is 0 Å². The van der Waals surface area contributed by atoms with Gasteiger partial charge < -0.3 is 14.4 Å². The number of carbonyl (C=O) groups is 2. The molecule has 0 aromatic heterocycles. The topological polar surface area (TPSA) is 55.8 Å². The molecule has 3 rings (SSSR count). The van der Waals surface area contributed by atoms with Gasteiger partial charge in [-0.2, -0.15) is 0 Å². The zero-order valence-corrected chi connectivity index (χ0v) is 16.1. The van der Waals surface area contributed by atoms with E-state index in [9.17, 15) is 9.59 Å². The highest BCUT2D eigenvalue weighted by Gasteiger charge is 2.13. The Bertz CT molecular complexity index is 966. The first-order valence-electron chi connectivity index (χ1n) is 9.05. The summed E-state index contributed by atoms with van der Waals surface area (Å²) in [6.07, 6.45) is 0.139. The summed E-state index contributed by atoms with van der Waals surface area (Å²) in [5.41, 5.74) is 1.84. The van der Waals surface area contributed by atoms with Crippen LogP contribution in [0.25, 0.3) is 10.8 Å². The van der Waals surface area contributed by atoms with Crippen molar-refractivity contribution in [1.29, 1.82) is 0 Å². The molecule has 0 saturated heterocycles. The molecule has 0 fully saturated rings. The molecule has 0 spiro atoms. The van der Waals surface area contributed by atoms with Gasteiger partial charge in [-0.25, -0.2) is 0 Å². The third kappa shape index (κ3) is 5.10. The molecule has 0 saturated carbocycles. The van der Waals surface area contributed by atoms with Crippen molar-refractivity contribution in [2.24, 2.45) is 0 Å². The molecule has 3 aromatic carbocycles. The molecule has 1 amide bonds. The first kappa shape index (κ1) is 19.4. The van der Waals surface area contributed by atoms with Gasteiger partial charge in [-0.1, -0.05) is 54.6 Å². The lowest BCUT2D eigenvalue weighted by Gasteiger charge is -2.17. The highest BCUT2D eigenvalue weighted by Crippen LogP contribution is 2.16. The van der Waals surface area contributed by atoms with Crippen molar-refractivity contribution < 1.29 is 19.1 Å². The Morgan fingerprint density at radius 2 is 1.57 bits per heavy atom. The molecule has 3 aromatic rings. The highest BCUT2D eigenvalue weighted by atomic mass is 16.5. The summed E-state index contributed by atoms with van der Waals surface area (Å²) in [6, 6.07) is 21.3. The monoisotopic (exact) mass is 377 g/mol. The number of hydrogen-bond donors (Lipinski definition) is 0. The summed E-state index contributed by atoms with van der Waals surface area (Å²) in [6.45, 7) is 0.171. The average molecular weight is 377 g/mol. The van der Waals surface area contributed by atoms with E-state index >= 15 is 0 Å². The van der Waals surface area contributed by atoms with Gasteiger partial charge in [-0.05, 0) is 34.0 Å². The van der Waals surface area contributed by atoms with Gasteiger partial charge >= 0.3 is 5.97 Å². The lowest BCUT2D eigenvalue weighted by atomic mass is 10.1. The van der Waals surface area contributed by atoms with Crippen LogP contribution in [0, 0.1) is 0 Å². The van der Waals surface area contributed by atoms with E-state index in [1.54, 1.807) is 14.2 Å². The standard InChI is InChI=1S/C23H23NO4/c1-24(15-17-8-11-21(27-2)12-9-17)22(25)16-28-23(26)14-18-7-10-19-5-3-4-6-20(19)13-18/h3-13H,14-16H2,1-2H3. The molecule has 28 heavy (non-hydrogen) atoms. The van der Waals surface area contributed by atoms with Gasteiger partial charge in [-0.3, -0.25) is 9.59 Å². The maximum Gasteiger partial charge on any atom is 0.310 e. The summed E-state index contributed by atoms with van der Waals surface area (Å²) < 4.78 is 10.3. The van der Waals surface area contributed by atoms with Crippen LogP contribution < -0.4 is 4.74 Å². The number of methoxy groups -OCH3 is 1. The van der Waals surface area contributed by atoms with Crippen LogP contribution in [-0.2, 0) is 27.3 Å². The Balaban J connectivity index is 1.49. The summed E-state index contributed by atoms with van der Waals surface area (Å²) in [5, 5.41) is 2.19. The number of carbonyl (C=O) groups excluding carboxylic acids is 2. The lowest BCUT2D eigenvalue weighted by molar-refractivity contribution is -0.151. The van der Waals surface area contributed by atoms with E-state index < -0.39 is 5.97 Å². The highest BCUT2D eigenvalue weighted by molar-refractivity contribution is 5.85. The molecule has 144 valence electrons. The van der Waals surface area contributed by atoms with Gasteiger partial charge in [0.05, 0.1) is 13.5 Å². The second-order valence-corrected chi connectivity index (χ2v) is 6.62. The van der Waals surface area contributed by atoms with Crippen molar-refractivity contribution in [3.05, 3.63) is 77.9 Å². The molecule has 0 atom stereocenters. The maximum atomic E-state index is 12.2. The number of likely N-dealkylation sites (N-methyl/N-ethyl adjacent to an activating group) is 1. The smallest absolute Gasteiger partial charge is 0.310 e. The van der Waals surface area contributed by atoms with Crippen LogP contribution in [0.5, 0.6) is 5.75 Å². The molecule has 0 aliphatic carbocycles. The van der Waals surface area contributed by atoms with Crippen LogP contribution >= 0.6 is 0 Å². The third-order valence-electron chi connectivity index (χ3n) is 4.52. The fourth-order valence-corrected chi connectivity index (χ4v) is 2.91. The van der Waals surface area contributed by atoms with Crippen molar-refractivity contribution in [3.8, 4) is 5.75 Å². The first-order valence-corrected chi connectivity index (χ1v) is 9.05. The Hall–Kier alpha value is -3.34. The number of hydrogen-bond acceptors (Lipinski definition) is 4. The van der Waals surface area contributed by atoms with E-state index in [0.717, 1.165) is 27.6 Å². The van der Waals surface area contributed by atoms with E-state index in [0.29, 0.717) is 6.54 Å². The molecule has 5 heteroatoms. The molecule has 0 aliphatic heterocycles. The fraction of sp³-hybridized carbons (Fsp3) is 0.217.